The number of guanidine groups is 1. The van der Waals surface area contributed by atoms with Crippen molar-refractivity contribution >= 4 is 22.8 Å². The zero-order valence-electron chi connectivity index (χ0n) is 16.4. The first-order chi connectivity index (χ1) is 14.1. The Kier molecular flexibility index (Phi) is 5.24. The third-order valence-electron chi connectivity index (χ3n) is 5.21. The van der Waals surface area contributed by atoms with Gasteiger partial charge < -0.3 is 24.0 Å². The van der Waals surface area contributed by atoms with E-state index in [2.05, 4.69) is 15.2 Å². The maximum atomic E-state index is 13.5. The molecule has 1 aliphatic rings. The maximum absolute atomic E-state index is 13.5. The Hall–Kier alpha value is -3.29. The van der Waals surface area contributed by atoms with E-state index in [0.29, 0.717) is 44.1 Å². The fourth-order valence-corrected chi connectivity index (χ4v) is 3.58. The van der Waals surface area contributed by atoms with Gasteiger partial charge in [0.2, 0.25) is 0 Å². The van der Waals surface area contributed by atoms with Crippen molar-refractivity contribution < 1.29 is 18.0 Å². The van der Waals surface area contributed by atoms with Crippen LogP contribution in [0.4, 0.5) is 4.39 Å². The van der Waals surface area contributed by atoms with E-state index in [4.69, 9.17) is 8.83 Å². The Labute approximate surface area is 167 Å². The van der Waals surface area contributed by atoms with Crippen LogP contribution in [0.2, 0.25) is 0 Å². The van der Waals surface area contributed by atoms with Crippen LogP contribution < -0.4 is 5.32 Å². The highest BCUT2D eigenvalue weighted by Crippen LogP contribution is 2.26. The average molecular weight is 398 g/mol. The number of aliphatic imine (C=N–C) groups is 1. The van der Waals surface area contributed by atoms with Crippen molar-refractivity contribution in [1.82, 2.24) is 15.1 Å². The standard InChI is InChI=1S/C21H23FN4O3/c1-14-16-12-15(22)5-6-17(16)29-19(14)13-24-21(23-2)26-9-7-25(8-10-26)20(27)18-4-3-11-28-18/h3-6,11-12H,7-10,13H2,1-2H3,(H,23,24). The molecule has 1 fully saturated rings. The first kappa shape index (κ1) is 19.0. The number of nitrogens with zero attached hydrogens (tertiary/aromatic N) is 3. The van der Waals surface area contributed by atoms with E-state index in [9.17, 15) is 9.18 Å². The van der Waals surface area contributed by atoms with Crippen molar-refractivity contribution in [3.63, 3.8) is 0 Å². The van der Waals surface area contributed by atoms with Gasteiger partial charge in [0.15, 0.2) is 11.7 Å². The number of aryl methyl sites for hydroxylation is 1. The average Bonchev–Trinajstić information content (AvgIpc) is 3.38. The Morgan fingerprint density at radius 2 is 1.97 bits per heavy atom. The molecule has 0 saturated carbocycles. The van der Waals surface area contributed by atoms with E-state index in [1.54, 1.807) is 30.1 Å². The van der Waals surface area contributed by atoms with Gasteiger partial charge >= 0.3 is 0 Å². The lowest BCUT2D eigenvalue weighted by Gasteiger charge is -2.36. The van der Waals surface area contributed by atoms with Gasteiger partial charge in [-0.1, -0.05) is 0 Å². The van der Waals surface area contributed by atoms with Crippen LogP contribution in [0.5, 0.6) is 0 Å². The first-order valence-corrected chi connectivity index (χ1v) is 9.52. The molecule has 1 N–H and O–H groups in total. The second-order valence-electron chi connectivity index (χ2n) is 6.95. The summed E-state index contributed by atoms with van der Waals surface area (Å²) in [6, 6.07) is 7.91. The summed E-state index contributed by atoms with van der Waals surface area (Å²) < 4.78 is 24.6. The number of amides is 1. The molecular weight excluding hydrogens is 375 g/mol. The second kappa shape index (κ2) is 7.98. The van der Waals surface area contributed by atoms with E-state index >= 15 is 0 Å². The zero-order chi connectivity index (χ0) is 20.4. The monoisotopic (exact) mass is 398 g/mol. The molecule has 29 heavy (non-hydrogen) atoms. The van der Waals surface area contributed by atoms with Gasteiger partial charge in [0, 0.05) is 44.2 Å². The highest BCUT2D eigenvalue weighted by molar-refractivity contribution is 5.91. The van der Waals surface area contributed by atoms with Crippen molar-refractivity contribution in [1.29, 1.82) is 0 Å². The zero-order valence-corrected chi connectivity index (χ0v) is 16.4. The normalized spacial score (nSPS) is 15.2. The highest BCUT2D eigenvalue weighted by Gasteiger charge is 2.25. The van der Waals surface area contributed by atoms with Crippen LogP contribution in [0, 0.1) is 12.7 Å². The second-order valence-corrected chi connectivity index (χ2v) is 6.95. The molecule has 2 aromatic heterocycles. The summed E-state index contributed by atoms with van der Waals surface area (Å²) in [5, 5.41) is 4.09. The van der Waals surface area contributed by atoms with Gasteiger partial charge in [-0.2, -0.15) is 0 Å². The number of carbonyl (C=O) groups is 1. The molecule has 3 heterocycles. The lowest BCUT2D eigenvalue weighted by atomic mass is 10.1. The third kappa shape index (κ3) is 3.83. The van der Waals surface area contributed by atoms with Crippen LogP contribution >= 0.6 is 0 Å². The van der Waals surface area contributed by atoms with Gasteiger partial charge in [-0.3, -0.25) is 9.79 Å². The van der Waals surface area contributed by atoms with E-state index in [-0.39, 0.29) is 11.7 Å². The predicted octanol–water partition coefficient (Wildman–Crippen LogP) is 3.01. The van der Waals surface area contributed by atoms with E-state index in [1.807, 2.05) is 6.92 Å². The molecule has 1 aliphatic heterocycles. The Morgan fingerprint density at radius 1 is 1.21 bits per heavy atom. The van der Waals surface area contributed by atoms with Gasteiger partial charge in [-0.25, -0.2) is 4.39 Å². The highest BCUT2D eigenvalue weighted by atomic mass is 19.1. The summed E-state index contributed by atoms with van der Waals surface area (Å²) in [7, 11) is 1.73. The Balaban J connectivity index is 1.37. The molecule has 0 bridgehead atoms. The molecule has 1 aromatic carbocycles. The van der Waals surface area contributed by atoms with Gasteiger partial charge in [-0.05, 0) is 37.3 Å². The third-order valence-corrected chi connectivity index (χ3v) is 5.21. The molecule has 152 valence electrons. The van der Waals surface area contributed by atoms with Crippen LogP contribution in [0.3, 0.4) is 0 Å². The predicted molar refractivity (Wildman–Crippen MR) is 107 cm³/mol. The van der Waals surface area contributed by atoms with Crippen molar-refractivity contribution in [2.45, 2.75) is 13.5 Å². The molecule has 0 aliphatic carbocycles. The summed E-state index contributed by atoms with van der Waals surface area (Å²) in [4.78, 5) is 20.6. The number of rotatable bonds is 3. The topological polar surface area (TPSA) is 74.2 Å². The maximum Gasteiger partial charge on any atom is 0.289 e. The van der Waals surface area contributed by atoms with Gasteiger partial charge in [0.1, 0.15) is 17.2 Å². The number of piperazine rings is 1. The van der Waals surface area contributed by atoms with Crippen LogP contribution in [0.15, 0.2) is 50.4 Å². The largest absolute Gasteiger partial charge is 0.459 e. The minimum Gasteiger partial charge on any atom is -0.459 e. The Morgan fingerprint density at radius 3 is 2.66 bits per heavy atom. The van der Waals surface area contributed by atoms with Crippen molar-refractivity contribution in [3.05, 3.63) is 59.5 Å². The molecule has 0 spiro atoms. The van der Waals surface area contributed by atoms with Crippen LogP contribution in [-0.2, 0) is 6.54 Å². The number of nitrogens with one attached hydrogen (secondary N) is 1. The molecular formula is C21H23FN4O3. The van der Waals surface area contributed by atoms with Gasteiger partial charge in [-0.15, -0.1) is 0 Å². The molecule has 3 aromatic rings. The van der Waals surface area contributed by atoms with Crippen LogP contribution in [0.1, 0.15) is 21.9 Å². The number of furan rings is 2. The van der Waals surface area contributed by atoms with Crippen molar-refractivity contribution in [2.75, 3.05) is 33.2 Å². The summed E-state index contributed by atoms with van der Waals surface area (Å²) in [6.45, 7) is 4.86. The molecule has 1 saturated heterocycles. The van der Waals surface area contributed by atoms with Crippen LogP contribution in [0.25, 0.3) is 11.0 Å². The van der Waals surface area contributed by atoms with E-state index < -0.39 is 0 Å². The number of hydrogen-bond donors (Lipinski definition) is 1. The number of carbonyl (C=O) groups excluding carboxylic acids is 1. The quantitative estimate of drug-likeness (QED) is 0.542. The van der Waals surface area contributed by atoms with E-state index in [0.717, 1.165) is 22.7 Å². The number of fused-ring (bicyclic) bond motifs is 1. The molecule has 0 radical (unpaired) electrons. The SMILES string of the molecule is CN=C(NCc1oc2ccc(F)cc2c1C)N1CCN(C(=O)c2ccco2)CC1. The minimum absolute atomic E-state index is 0.0947. The molecule has 1 amide bonds. The number of hydrogen-bond acceptors (Lipinski definition) is 4. The Bertz CT molecular complexity index is 1030. The van der Waals surface area contributed by atoms with Gasteiger partial charge in [0.25, 0.3) is 5.91 Å². The summed E-state index contributed by atoms with van der Waals surface area (Å²) in [6.07, 6.45) is 1.50. The van der Waals surface area contributed by atoms with Crippen LogP contribution in [-0.4, -0.2) is 54.9 Å². The smallest absolute Gasteiger partial charge is 0.289 e. The summed E-state index contributed by atoms with van der Waals surface area (Å²) >= 11 is 0. The molecule has 7 nitrogen and oxygen atoms in total. The minimum atomic E-state index is -0.279. The molecule has 0 unspecified atom stereocenters. The lowest BCUT2D eigenvalue weighted by Crippen LogP contribution is -2.53. The summed E-state index contributed by atoms with van der Waals surface area (Å²) in [5.74, 6) is 1.47. The fraction of sp³-hybridized carbons (Fsp3) is 0.333. The van der Waals surface area contributed by atoms with Crippen molar-refractivity contribution in [2.24, 2.45) is 4.99 Å². The molecule has 8 heteroatoms. The molecule has 0 atom stereocenters. The number of halogens is 1. The fourth-order valence-electron chi connectivity index (χ4n) is 3.58. The summed E-state index contributed by atoms with van der Waals surface area (Å²) in [5.41, 5.74) is 1.58. The lowest BCUT2D eigenvalue weighted by molar-refractivity contribution is 0.0657. The first-order valence-electron chi connectivity index (χ1n) is 9.52. The van der Waals surface area contributed by atoms with E-state index in [1.165, 1.54) is 18.4 Å². The van der Waals surface area contributed by atoms with Gasteiger partial charge in [0.05, 0.1) is 12.8 Å². The number of benzene rings is 1. The molecule has 4 rings (SSSR count). The van der Waals surface area contributed by atoms with Crippen molar-refractivity contribution in [3.8, 4) is 0 Å².